The van der Waals surface area contributed by atoms with Gasteiger partial charge in [-0.15, -0.1) is 22.7 Å². The highest BCUT2D eigenvalue weighted by atomic mass is 32.1. The van der Waals surface area contributed by atoms with E-state index in [1.54, 1.807) is 22.7 Å². The van der Waals surface area contributed by atoms with Gasteiger partial charge in [0.25, 0.3) is 0 Å². The molecule has 0 radical (unpaired) electrons. The molecule has 2 aromatic heterocycles. The van der Waals surface area contributed by atoms with Crippen molar-refractivity contribution in [3.05, 3.63) is 104 Å². The van der Waals surface area contributed by atoms with Crippen molar-refractivity contribution >= 4 is 45.7 Å². The van der Waals surface area contributed by atoms with Crippen molar-refractivity contribution in [2.45, 2.75) is 31.8 Å². The van der Waals surface area contributed by atoms with Crippen LogP contribution in [-0.4, -0.2) is 37.0 Å². The second-order valence-corrected chi connectivity index (χ2v) is 11.0. The van der Waals surface area contributed by atoms with Crippen LogP contribution in [0, 0.1) is 10.8 Å². The highest BCUT2D eigenvalue weighted by Crippen LogP contribution is 2.19. The van der Waals surface area contributed by atoms with E-state index in [1.165, 1.54) is 0 Å². The molecular weight excluding hydrogens is 514 g/mol. The van der Waals surface area contributed by atoms with Gasteiger partial charge < -0.3 is 25.4 Å². The Bertz CT molecular complexity index is 1340. The molecule has 9 heteroatoms. The number of amidine groups is 2. The summed E-state index contributed by atoms with van der Waals surface area (Å²) >= 11 is 3.10. The van der Waals surface area contributed by atoms with Crippen LogP contribution in [0.5, 0.6) is 0 Å². The number of benzene rings is 2. The number of thiophene rings is 2. The Kier molecular flexibility index (Phi) is 8.95. The molecule has 38 heavy (non-hydrogen) atoms. The molecule has 7 nitrogen and oxygen atoms in total. The molecule has 5 rings (SSSR count). The first kappa shape index (κ1) is 26.3. The van der Waals surface area contributed by atoms with Crippen LogP contribution in [0.15, 0.2) is 83.6 Å². The van der Waals surface area contributed by atoms with Gasteiger partial charge in [-0.1, -0.05) is 36.4 Å². The smallest absolute Gasteiger partial charge is 0.140 e. The van der Waals surface area contributed by atoms with Gasteiger partial charge in [0.2, 0.25) is 0 Å². The lowest BCUT2D eigenvalue weighted by molar-refractivity contribution is 0.0472. The minimum Gasteiger partial charge on any atom is -0.375 e. The Morgan fingerprint density at radius 3 is 2.00 bits per heavy atom. The van der Waals surface area contributed by atoms with E-state index in [1.807, 2.05) is 83.6 Å². The molecule has 0 bridgehead atoms. The monoisotopic (exact) mass is 545 g/mol. The number of nitrogens with one attached hydrogen (secondary N) is 5. The fourth-order valence-electron chi connectivity index (χ4n) is 4.30. The van der Waals surface area contributed by atoms with Gasteiger partial charge in [0.1, 0.15) is 11.7 Å². The fourth-order valence-corrected chi connectivity index (χ4v) is 5.56. The average molecular weight is 546 g/mol. The van der Waals surface area contributed by atoms with E-state index < -0.39 is 0 Å². The van der Waals surface area contributed by atoms with Crippen molar-refractivity contribution in [2.24, 2.45) is 0 Å². The normalized spacial score (nSPS) is 16.8. The Morgan fingerprint density at radius 1 is 0.816 bits per heavy atom. The van der Waals surface area contributed by atoms with Gasteiger partial charge in [-0.2, -0.15) is 0 Å². The minimum absolute atomic E-state index is 0.139. The summed E-state index contributed by atoms with van der Waals surface area (Å²) in [5.41, 5.74) is 3.93. The van der Waals surface area contributed by atoms with Crippen molar-refractivity contribution < 1.29 is 9.47 Å². The van der Waals surface area contributed by atoms with Gasteiger partial charge in [-0.05, 0) is 64.7 Å². The van der Waals surface area contributed by atoms with Crippen LogP contribution in [0.3, 0.4) is 0 Å². The summed E-state index contributed by atoms with van der Waals surface area (Å²) in [6, 6.07) is 24.1. The molecule has 0 spiro atoms. The lowest BCUT2D eigenvalue weighted by atomic mass is 10.2. The first-order valence-corrected chi connectivity index (χ1v) is 14.3. The van der Waals surface area contributed by atoms with Crippen LogP contribution in [0.25, 0.3) is 0 Å². The summed E-state index contributed by atoms with van der Waals surface area (Å²) in [4.78, 5) is 1.82. The molecule has 196 valence electrons. The summed E-state index contributed by atoms with van der Waals surface area (Å²) in [5, 5.41) is 30.2. The molecule has 2 unspecified atom stereocenters. The Labute approximate surface area is 230 Å². The van der Waals surface area contributed by atoms with Gasteiger partial charge >= 0.3 is 0 Å². The quantitative estimate of drug-likeness (QED) is 0.115. The Morgan fingerprint density at radius 2 is 1.42 bits per heavy atom. The summed E-state index contributed by atoms with van der Waals surface area (Å²) in [5.74, 6) is 0.807. The van der Waals surface area contributed by atoms with Crippen molar-refractivity contribution in [3.63, 3.8) is 0 Å². The molecule has 2 aromatic carbocycles. The lowest BCUT2D eigenvalue weighted by Gasteiger charge is -2.14. The highest BCUT2D eigenvalue weighted by molar-refractivity contribution is 7.12. The van der Waals surface area contributed by atoms with Crippen LogP contribution in [0.1, 0.15) is 27.3 Å². The number of anilines is 2. The maximum atomic E-state index is 8.23. The molecule has 1 aliphatic rings. The number of rotatable bonds is 11. The number of hydrogen-bond donors (Lipinski definition) is 5. The first-order chi connectivity index (χ1) is 18.6. The topological polar surface area (TPSA) is 102 Å². The molecule has 4 aromatic rings. The average Bonchev–Trinajstić information content (AvgIpc) is 3.71. The van der Waals surface area contributed by atoms with E-state index in [0.29, 0.717) is 31.5 Å². The first-order valence-electron chi connectivity index (χ1n) is 12.5. The molecule has 3 heterocycles. The SMILES string of the molecule is N=C(Nc1cccc(COCC2CC(OCc3cccc(NC(=N)c4cccs4)c3)CN2)c1)c1cccs1. The molecule has 2 atom stereocenters. The van der Waals surface area contributed by atoms with Gasteiger partial charge in [-0.3, -0.25) is 10.8 Å². The molecular formula is C29H31N5O2S2. The lowest BCUT2D eigenvalue weighted by Crippen LogP contribution is -2.26. The number of ether oxygens (including phenoxy) is 2. The fraction of sp³-hybridized carbons (Fsp3) is 0.241. The Balaban J connectivity index is 1.02. The molecule has 1 aliphatic heterocycles. The van der Waals surface area contributed by atoms with E-state index in [9.17, 15) is 0 Å². The van der Waals surface area contributed by atoms with Gasteiger partial charge in [0.15, 0.2) is 0 Å². The Hall–Kier alpha value is -3.34. The summed E-state index contributed by atoms with van der Waals surface area (Å²) in [6.07, 6.45) is 1.04. The predicted molar refractivity (Wildman–Crippen MR) is 157 cm³/mol. The van der Waals surface area contributed by atoms with Crippen molar-refractivity contribution in [1.82, 2.24) is 5.32 Å². The van der Waals surface area contributed by atoms with Crippen molar-refractivity contribution in [1.29, 1.82) is 10.8 Å². The molecule has 0 amide bonds. The van der Waals surface area contributed by atoms with Gasteiger partial charge in [0.05, 0.1) is 35.7 Å². The minimum atomic E-state index is 0.139. The molecule has 5 N–H and O–H groups in total. The maximum Gasteiger partial charge on any atom is 0.140 e. The standard InChI is InChI=1S/C29H31N5O2S2/c30-28(26-9-3-11-37-26)33-22-7-1-5-20(13-22)17-35-19-24-15-25(16-32-24)36-18-21-6-2-8-23(14-21)34-29(31)27-10-4-12-38-27/h1-14,24-25,32H,15-19H2,(H2,30,33)(H2,31,34). The summed E-state index contributed by atoms with van der Waals surface area (Å²) in [6.45, 7) is 2.47. The van der Waals surface area contributed by atoms with Crippen LogP contribution in [-0.2, 0) is 22.7 Å². The molecule has 0 aliphatic carbocycles. The second-order valence-electron chi connectivity index (χ2n) is 9.14. The zero-order valence-electron chi connectivity index (χ0n) is 20.9. The molecule has 0 saturated carbocycles. The van der Waals surface area contributed by atoms with Gasteiger partial charge in [-0.25, -0.2) is 0 Å². The van der Waals surface area contributed by atoms with E-state index in [2.05, 4.69) is 16.0 Å². The third-order valence-corrected chi connectivity index (χ3v) is 7.96. The van der Waals surface area contributed by atoms with Crippen molar-refractivity contribution in [2.75, 3.05) is 23.8 Å². The van der Waals surface area contributed by atoms with Crippen LogP contribution in [0.4, 0.5) is 11.4 Å². The zero-order chi connectivity index (χ0) is 26.2. The van der Waals surface area contributed by atoms with Crippen LogP contribution >= 0.6 is 22.7 Å². The van der Waals surface area contributed by atoms with Crippen molar-refractivity contribution in [3.8, 4) is 0 Å². The van der Waals surface area contributed by atoms with Gasteiger partial charge in [0, 0.05) is 24.0 Å². The largest absolute Gasteiger partial charge is 0.375 e. The van der Waals surface area contributed by atoms with E-state index in [-0.39, 0.29) is 12.1 Å². The number of hydrogen-bond acceptors (Lipinski definition) is 7. The zero-order valence-corrected chi connectivity index (χ0v) is 22.5. The predicted octanol–water partition coefficient (Wildman–Crippen LogP) is 6.15. The van der Waals surface area contributed by atoms with E-state index in [4.69, 9.17) is 20.3 Å². The maximum absolute atomic E-state index is 8.23. The third-order valence-electron chi connectivity index (χ3n) is 6.18. The van der Waals surface area contributed by atoms with E-state index in [0.717, 1.165) is 45.2 Å². The van der Waals surface area contributed by atoms with Crippen LogP contribution in [0.2, 0.25) is 0 Å². The van der Waals surface area contributed by atoms with E-state index >= 15 is 0 Å². The van der Waals surface area contributed by atoms with Crippen LogP contribution < -0.4 is 16.0 Å². The molecule has 1 saturated heterocycles. The molecule has 1 fully saturated rings. The highest BCUT2D eigenvalue weighted by Gasteiger charge is 2.24. The summed E-state index contributed by atoms with van der Waals surface area (Å²) in [7, 11) is 0. The second kappa shape index (κ2) is 12.9. The summed E-state index contributed by atoms with van der Waals surface area (Å²) < 4.78 is 12.2. The third kappa shape index (κ3) is 7.37.